The zero-order valence-corrected chi connectivity index (χ0v) is 14.2. The van der Waals surface area contributed by atoms with Crippen molar-refractivity contribution < 1.29 is 32.6 Å². The van der Waals surface area contributed by atoms with Crippen LogP contribution in [0.15, 0.2) is 30.5 Å². The maximum Gasteiger partial charge on any atom is 0.434 e. The second-order valence-electron chi connectivity index (χ2n) is 6.18. The quantitative estimate of drug-likeness (QED) is 0.828. The summed E-state index contributed by atoms with van der Waals surface area (Å²) in [7, 11) is 1.43. The van der Waals surface area contributed by atoms with Crippen molar-refractivity contribution in [3.63, 3.8) is 0 Å². The summed E-state index contributed by atoms with van der Waals surface area (Å²) in [6.45, 7) is 0. The van der Waals surface area contributed by atoms with E-state index in [1.165, 1.54) is 31.4 Å². The van der Waals surface area contributed by atoms with E-state index in [9.17, 15) is 22.8 Å². The molecule has 0 aliphatic heterocycles. The summed E-state index contributed by atoms with van der Waals surface area (Å²) in [5.74, 6) is -2.11. The minimum absolute atomic E-state index is 0.0345. The molecule has 1 heterocycles. The molecule has 0 bridgehead atoms. The molecule has 0 radical (unpaired) electrons. The number of carboxylic acids is 1. The lowest BCUT2D eigenvalue weighted by molar-refractivity contribution is -0.148. The molecule has 3 rings (SSSR count). The number of methoxy groups -OCH3 is 1. The highest BCUT2D eigenvalue weighted by molar-refractivity contribution is 5.98. The van der Waals surface area contributed by atoms with Gasteiger partial charge in [-0.25, -0.2) is 9.48 Å². The minimum Gasteiger partial charge on any atom is -0.478 e. The third-order valence-electron chi connectivity index (χ3n) is 4.58. The van der Waals surface area contributed by atoms with E-state index in [-0.39, 0.29) is 17.3 Å². The van der Waals surface area contributed by atoms with Gasteiger partial charge in [0.1, 0.15) is 11.2 Å². The fourth-order valence-corrected chi connectivity index (χ4v) is 2.96. The standard InChI is InChI=1S/C17H16F3N3O4/c1-27-16(6-3-7-16)15(26)22-10-4-2-5-11(8-10)23-13(17(18,19)20)12(9-21-23)14(24)25/h2,4-5,8-9H,3,6-7H2,1H3,(H,22,26)(H,24,25). The number of carbonyl (C=O) groups is 2. The summed E-state index contributed by atoms with van der Waals surface area (Å²) in [5.41, 5.74) is -3.06. The van der Waals surface area contributed by atoms with Gasteiger partial charge in [-0.2, -0.15) is 18.3 Å². The Bertz CT molecular complexity index is 882. The van der Waals surface area contributed by atoms with Gasteiger partial charge < -0.3 is 15.2 Å². The molecule has 1 saturated carbocycles. The van der Waals surface area contributed by atoms with Gasteiger partial charge in [-0.05, 0) is 37.5 Å². The lowest BCUT2D eigenvalue weighted by atomic mass is 9.79. The molecule has 1 aliphatic carbocycles. The number of halogens is 3. The summed E-state index contributed by atoms with van der Waals surface area (Å²) in [6.07, 6.45) is -2.30. The monoisotopic (exact) mass is 383 g/mol. The van der Waals surface area contributed by atoms with Gasteiger partial charge in [0.15, 0.2) is 5.69 Å². The lowest BCUT2D eigenvalue weighted by Crippen LogP contribution is -2.50. The molecule has 1 aliphatic rings. The van der Waals surface area contributed by atoms with E-state index < -0.39 is 29.0 Å². The van der Waals surface area contributed by atoms with Crippen LogP contribution in [0.3, 0.4) is 0 Å². The Kier molecular flexibility index (Phi) is 4.68. The topological polar surface area (TPSA) is 93.5 Å². The highest BCUT2D eigenvalue weighted by Gasteiger charge is 2.44. The van der Waals surface area contributed by atoms with Gasteiger partial charge in [0.2, 0.25) is 0 Å². The number of aromatic carboxylic acids is 1. The van der Waals surface area contributed by atoms with Crippen LogP contribution in [0.5, 0.6) is 0 Å². The predicted octanol–water partition coefficient (Wildman–Crippen LogP) is 3.10. The van der Waals surface area contributed by atoms with Gasteiger partial charge in [0.05, 0.1) is 11.9 Å². The van der Waals surface area contributed by atoms with Crippen molar-refractivity contribution in [2.75, 3.05) is 12.4 Å². The number of benzene rings is 1. The number of hydrogen-bond donors (Lipinski definition) is 2. The molecule has 10 heteroatoms. The molecule has 1 fully saturated rings. The van der Waals surface area contributed by atoms with Crippen molar-refractivity contribution in [1.82, 2.24) is 9.78 Å². The maximum absolute atomic E-state index is 13.3. The first kappa shape index (κ1) is 18.9. The first-order valence-corrected chi connectivity index (χ1v) is 8.03. The molecule has 2 N–H and O–H groups in total. The van der Waals surface area contributed by atoms with Crippen LogP contribution in [0.1, 0.15) is 35.3 Å². The number of carbonyl (C=O) groups excluding carboxylic acids is 1. The summed E-state index contributed by atoms with van der Waals surface area (Å²) in [5, 5.41) is 15.2. The number of hydrogen-bond acceptors (Lipinski definition) is 4. The number of nitrogens with one attached hydrogen (secondary N) is 1. The Morgan fingerprint density at radius 3 is 2.56 bits per heavy atom. The maximum atomic E-state index is 13.3. The average Bonchev–Trinajstić information content (AvgIpc) is 3.00. The fourth-order valence-electron chi connectivity index (χ4n) is 2.96. The number of amides is 1. The Morgan fingerprint density at radius 1 is 1.33 bits per heavy atom. The van der Waals surface area contributed by atoms with Gasteiger partial charge in [-0.15, -0.1) is 0 Å². The average molecular weight is 383 g/mol. The molecule has 1 aromatic carbocycles. The predicted molar refractivity (Wildman–Crippen MR) is 87.7 cm³/mol. The van der Waals surface area contributed by atoms with Crippen LogP contribution >= 0.6 is 0 Å². The first-order chi connectivity index (χ1) is 12.7. The molecule has 1 amide bonds. The molecular formula is C17H16F3N3O4. The Balaban J connectivity index is 1.95. The first-order valence-electron chi connectivity index (χ1n) is 8.03. The van der Waals surface area contributed by atoms with Crippen LogP contribution in [0.25, 0.3) is 5.69 Å². The number of nitrogens with zero attached hydrogens (tertiary/aromatic N) is 2. The largest absolute Gasteiger partial charge is 0.478 e. The number of anilines is 1. The number of aromatic nitrogens is 2. The van der Waals surface area contributed by atoms with Crippen molar-refractivity contribution in [3.05, 3.63) is 41.7 Å². The van der Waals surface area contributed by atoms with E-state index >= 15 is 0 Å². The number of rotatable bonds is 5. The van der Waals surface area contributed by atoms with Crippen molar-refractivity contribution in [1.29, 1.82) is 0 Å². The SMILES string of the molecule is COC1(C(=O)Nc2cccc(-n3ncc(C(=O)O)c3C(F)(F)F)c2)CCC1. The fraction of sp³-hybridized carbons (Fsp3) is 0.353. The van der Waals surface area contributed by atoms with Crippen LogP contribution in [0.4, 0.5) is 18.9 Å². The van der Waals surface area contributed by atoms with E-state index in [0.717, 1.165) is 6.42 Å². The molecular weight excluding hydrogens is 367 g/mol. The van der Waals surface area contributed by atoms with Crippen LogP contribution in [-0.2, 0) is 15.7 Å². The molecule has 1 aromatic heterocycles. The lowest BCUT2D eigenvalue weighted by Gasteiger charge is -2.38. The molecule has 0 atom stereocenters. The zero-order valence-electron chi connectivity index (χ0n) is 14.2. The second kappa shape index (κ2) is 6.69. The molecule has 0 spiro atoms. The molecule has 0 unspecified atom stereocenters. The summed E-state index contributed by atoms with van der Waals surface area (Å²) in [4.78, 5) is 23.5. The second-order valence-corrected chi connectivity index (χ2v) is 6.18. The summed E-state index contributed by atoms with van der Waals surface area (Å²) in [6, 6.07) is 5.57. The van der Waals surface area contributed by atoms with Crippen molar-refractivity contribution in [3.8, 4) is 5.69 Å². The van der Waals surface area contributed by atoms with Gasteiger partial charge >= 0.3 is 12.1 Å². The third-order valence-corrected chi connectivity index (χ3v) is 4.58. The van der Waals surface area contributed by atoms with E-state index in [1.54, 1.807) is 0 Å². The zero-order chi connectivity index (χ0) is 19.8. The highest BCUT2D eigenvalue weighted by atomic mass is 19.4. The molecule has 0 saturated heterocycles. The summed E-state index contributed by atoms with van der Waals surface area (Å²) < 4.78 is 45.8. The molecule has 144 valence electrons. The van der Waals surface area contributed by atoms with E-state index in [4.69, 9.17) is 9.84 Å². The van der Waals surface area contributed by atoms with Crippen molar-refractivity contribution in [2.24, 2.45) is 0 Å². The highest BCUT2D eigenvalue weighted by Crippen LogP contribution is 2.37. The van der Waals surface area contributed by atoms with Gasteiger partial charge in [0, 0.05) is 12.8 Å². The van der Waals surface area contributed by atoms with Crippen LogP contribution in [-0.4, -0.2) is 39.5 Å². The molecule has 7 nitrogen and oxygen atoms in total. The molecule has 27 heavy (non-hydrogen) atoms. The van der Waals surface area contributed by atoms with Gasteiger partial charge in [0.25, 0.3) is 5.91 Å². The van der Waals surface area contributed by atoms with Crippen LogP contribution < -0.4 is 5.32 Å². The van der Waals surface area contributed by atoms with E-state index in [2.05, 4.69) is 10.4 Å². The smallest absolute Gasteiger partial charge is 0.434 e. The summed E-state index contributed by atoms with van der Waals surface area (Å²) >= 11 is 0. The normalized spacial score (nSPS) is 15.9. The van der Waals surface area contributed by atoms with Crippen LogP contribution in [0, 0.1) is 0 Å². The van der Waals surface area contributed by atoms with E-state index in [1.807, 2.05) is 0 Å². The number of carboxylic acid groups (broad SMARTS) is 1. The van der Waals surface area contributed by atoms with Crippen molar-refractivity contribution in [2.45, 2.75) is 31.0 Å². The Morgan fingerprint density at radius 2 is 2.04 bits per heavy atom. The van der Waals surface area contributed by atoms with E-state index in [0.29, 0.717) is 23.7 Å². The Labute approximate surface area is 151 Å². The number of ether oxygens (including phenoxy) is 1. The third kappa shape index (κ3) is 3.39. The van der Waals surface area contributed by atoms with Gasteiger partial charge in [-0.1, -0.05) is 6.07 Å². The number of alkyl halides is 3. The molecule has 2 aromatic rings. The van der Waals surface area contributed by atoms with Crippen molar-refractivity contribution >= 4 is 17.6 Å². The minimum atomic E-state index is -4.92. The van der Waals surface area contributed by atoms with Gasteiger partial charge in [-0.3, -0.25) is 4.79 Å². The van der Waals surface area contributed by atoms with Crippen LogP contribution in [0.2, 0.25) is 0 Å². The Hall–Kier alpha value is -2.88.